The van der Waals surface area contributed by atoms with Crippen molar-refractivity contribution >= 4 is 0 Å². The van der Waals surface area contributed by atoms with Crippen LogP contribution in [-0.4, -0.2) is 48.8 Å². The van der Waals surface area contributed by atoms with Gasteiger partial charge in [0.15, 0.2) is 0 Å². The molecule has 2 atom stereocenters. The van der Waals surface area contributed by atoms with Gasteiger partial charge in [-0.15, -0.1) is 0 Å². The van der Waals surface area contributed by atoms with E-state index in [1.165, 1.54) is 38.8 Å². The van der Waals surface area contributed by atoms with Crippen LogP contribution in [-0.2, 0) is 0 Å². The second-order valence-corrected chi connectivity index (χ2v) is 5.47. The molecule has 2 N–H and O–H groups in total. The van der Waals surface area contributed by atoms with Crippen molar-refractivity contribution in [2.75, 3.05) is 32.8 Å². The molecular formula is C14H30N2O. The summed E-state index contributed by atoms with van der Waals surface area (Å²) in [5.41, 5.74) is 0. The van der Waals surface area contributed by atoms with Gasteiger partial charge in [-0.05, 0) is 51.2 Å². The zero-order valence-corrected chi connectivity index (χ0v) is 11.6. The second-order valence-electron chi connectivity index (χ2n) is 5.47. The quantitative estimate of drug-likeness (QED) is 0.638. The monoisotopic (exact) mass is 242 g/mol. The van der Waals surface area contributed by atoms with Crippen LogP contribution < -0.4 is 5.32 Å². The molecule has 102 valence electrons. The standard InChI is InChI=1S/C14H30N2O/c1-3-8-15-11-13(2)12-16-9-5-4-6-14(16)7-10-17/h13-15,17H,3-12H2,1-2H3. The van der Waals surface area contributed by atoms with Crippen LogP contribution in [0.3, 0.4) is 0 Å². The van der Waals surface area contributed by atoms with Crippen LogP contribution in [0.15, 0.2) is 0 Å². The van der Waals surface area contributed by atoms with E-state index in [-0.39, 0.29) is 0 Å². The van der Waals surface area contributed by atoms with Gasteiger partial charge in [-0.2, -0.15) is 0 Å². The lowest BCUT2D eigenvalue weighted by atomic mass is 9.98. The maximum Gasteiger partial charge on any atom is 0.0445 e. The molecule has 0 aromatic rings. The molecule has 0 amide bonds. The number of likely N-dealkylation sites (tertiary alicyclic amines) is 1. The summed E-state index contributed by atoms with van der Waals surface area (Å²) in [6.07, 6.45) is 6.11. The van der Waals surface area contributed by atoms with Crippen molar-refractivity contribution in [3.8, 4) is 0 Å². The number of piperidine rings is 1. The molecule has 0 aromatic carbocycles. The average Bonchev–Trinajstić information content (AvgIpc) is 2.32. The van der Waals surface area contributed by atoms with E-state index in [4.69, 9.17) is 5.11 Å². The van der Waals surface area contributed by atoms with Gasteiger partial charge in [-0.1, -0.05) is 20.3 Å². The highest BCUT2D eigenvalue weighted by atomic mass is 16.3. The van der Waals surface area contributed by atoms with Crippen LogP contribution in [0.5, 0.6) is 0 Å². The molecule has 0 saturated carbocycles. The molecule has 1 aliphatic heterocycles. The summed E-state index contributed by atoms with van der Waals surface area (Å²) < 4.78 is 0. The van der Waals surface area contributed by atoms with Crippen molar-refractivity contribution in [2.45, 2.75) is 52.0 Å². The van der Waals surface area contributed by atoms with Gasteiger partial charge < -0.3 is 10.4 Å². The summed E-state index contributed by atoms with van der Waals surface area (Å²) in [6, 6.07) is 0.627. The number of rotatable bonds is 8. The maximum atomic E-state index is 9.10. The molecule has 0 aliphatic carbocycles. The van der Waals surface area contributed by atoms with Crippen LogP contribution in [0, 0.1) is 5.92 Å². The lowest BCUT2D eigenvalue weighted by Gasteiger charge is -2.37. The molecule has 0 aromatic heterocycles. The smallest absolute Gasteiger partial charge is 0.0445 e. The highest BCUT2D eigenvalue weighted by molar-refractivity contribution is 4.78. The molecule has 1 heterocycles. The van der Waals surface area contributed by atoms with Gasteiger partial charge in [0.2, 0.25) is 0 Å². The molecule has 1 saturated heterocycles. The fourth-order valence-electron chi connectivity index (χ4n) is 2.77. The summed E-state index contributed by atoms with van der Waals surface area (Å²) in [7, 11) is 0. The molecule has 1 rings (SSSR count). The predicted octanol–water partition coefficient (Wildman–Crippen LogP) is 1.86. The lowest BCUT2D eigenvalue weighted by Crippen LogP contribution is -2.43. The maximum absolute atomic E-state index is 9.10. The topological polar surface area (TPSA) is 35.5 Å². The van der Waals surface area contributed by atoms with Crippen molar-refractivity contribution in [3.05, 3.63) is 0 Å². The van der Waals surface area contributed by atoms with E-state index in [9.17, 15) is 0 Å². The van der Waals surface area contributed by atoms with E-state index in [1.807, 2.05) is 0 Å². The summed E-state index contributed by atoms with van der Waals surface area (Å²) in [5, 5.41) is 12.6. The second kappa shape index (κ2) is 8.90. The van der Waals surface area contributed by atoms with Crippen molar-refractivity contribution in [2.24, 2.45) is 5.92 Å². The van der Waals surface area contributed by atoms with Crippen LogP contribution in [0.25, 0.3) is 0 Å². The Balaban J connectivity index is 2.25. The van der Waals surface area contributed by atoms with Crippen molar-refractivity contribution < 1.29 is 5.11 Å². The molecule has 1 aliphatic rings. The minimum Gasteiger partial charge on any atom is -0.396 e. The Hall–Kier alpha value is -0.120. The Morgan fingerprint density at radius 2 is 2.24 bits per heavy atom. The number of aliphatic hydroxyl groups is 1. The highest BCUT2D eigenvalue weighted by Gasteiger charge is 2.22. The number of nitrogens with zero attached hydrogens (tertiary/aromatic N) is 1. The first-order chi connectivity index (χ1) is 8.27. The fourth-order valence-corrected chi connectivity index (χ4v) is 2.77. The van der Waals surface area contributed by atoms with Crippen LogP contribution in [0.4, 0.5) is 0 Å². The Morgan fingerprint density at radius 3 is 2.94 bits per heavy atom. The molecule has 3 heteroatoms. The number of aliphatic hydroxyl groups excluding tert-OH is 1. The van der Waals surface area contributed by atoms with E-state index >= 15 is 0 Å². The summed E-state index contributed by atoms with van der Waals surface area (Å²) in [5.74, 6) is 0.709. The molecule has 1 fully saturated rings. The first-order valence-electron chi connectivity index (χ1n) is 7.33. The third kappa shape index (κ3) is 5.84. The summed E-state index contributed by atoms with van der Waals surface area (Å²) >= 11 is 0. The third-order valence-electron chi connectivity index (χ3n) is 3.68. The molecule has 0 radical (unpaired) electrons. The van der Waals surface area contributed by atoms with Gasteiger partial charge in [0, 0.05) is 19.2 Å². The van der Waals surface area contributed by atoms with Gasteiger partial charge in [0.05, 0.1) is 0 Å². The molecule has 0 bridgehead atoms. The van der Waals surface area contributed by atoms with Crippen molar-refractivity contribution in [1.29, 1.82) is 0 Å². The normalized spacial score (nSPS) is 23.8. The van der Waals surface area contributed by atoms with E-state index < -0.39 is 0 Å². The molecular weight excluding hydrogens is 212 g/mol. The first kappa shape index (κ1) is 14.9. The van der Waals surface area contributed by atoms with Gasteiger partial charge in [-0.25, -0.2) is 0 Å². The first-order valence-corrected chi connectivity index (χ1v) is 7.33. The van der Waals surface area contributed by atoms with Gasteiger partial charge in [-0.3, -0.25) is 4.90 Å². The third-order valence-corrected chi connectivity index (χ3v) is 3.68. The Morgan fingerprint density at radius 1 is 1.41 bits per heavy atom. The average molecular weight is 242 g/mol. The predicted molar refractivity (Wildman–Crippen MR) is 73.2 cm³/mol. The van der Waals surface area contributed by atoms with Gasteiger partial charge in [0.25, 0.3) is 0 Å². The molecule has 2 unspecified atom stereocenters. The van der Waals surface area contributed by atoms with E-state index in [1.54, 1.807) is 0 Å². The largest absolute Gasteiger partial charge is 0.396 e. The molecule has 0 spiro atoms. The number of nitrogens with one attached hydrogen (secondary N) is 1. The summed E-state index contributed by atoms with van der Waals surface area (Å²) in [6.45, 7) is 9.53. The van der Waals surface area contributed by atoms with Crippen LogP contribution >= 0.6 is 0 Å². The minimum atomic E-state index is 0.337. The fraction of sp³-hybridized carbons (Fsp3) is 1.00. The van der Waals surface area contributed by atoms with Crippen LogP contribution in [0.2, 0.25) is 0 Å². The van der Waals surface area contributed by atoms with E-state index in [2.05, 4.69) is 24.1 Å². The Bertz CT molecular complexity index is 185. The van der Waals surface area contributed by atoms with Gasteiger partial charge in [0.1, 0.15) is 0 Å². The number of hydrogen-bond acceptors (Lipinski definition) is 3. The van der Waals surface area contributed by atoms with Crippen molar-refractivity contribution in [1.82, 2.24) is 10.2 Å². The van der Waals surface area contributed by atoms with Gasteiger partial charge >= 0.3 is 0 Å². The van der Waals surface area contributed by atoms with E-state index in [0.29, 0.717) is 18.6 Å². The van der Waals surface area contributed by atoms with E-state index in [0.717, 1.165) is 19.5 Å². The zero-order chi connectivity index (χ0) is 12.5. The number of hydrogen-bond donors (Lipinski definition) is 2. The van der Waals surface area contributed by atoms with Crippen LogP contribution in [0.1, 0.15) is 46.0 Å². The van der Waals surface area contributed by atoms with Crippen molar-refractivity contribution in [3.63, 3.8) is 0 Å². The molecule has 17 heavy (non-hydrogen) atoms. The summed E-state index contributed by atoms with van der Waals surface area (Å²) in [4.78, 5) is 2.60. The minimum absolute atomic E-state index is 0.337. The zero-order valence-electron chi connectivity index (χ0n) is 11.6. The Labute approximate surface area is 107 Å². The Kier molecular flexibility index (Phi) is 7.82. The lowest BCUT2D eigenvalue weighted by molar-refractivity contribution is 0.104. The molecule has 3 nitrogen and oxygen atoms in total. The SMILES string of the molecule is CCCNCC(C)CN1CCCCC1CCO. The highest BCUT2D eigenvalue weighted by Crippen LogP contribution is 2.20.